The molecule has 1 heterocycles. The number of carbonyl (C=O) groups excluding carboxylic acids is 1. The maximum atomic E-state index is 10.8. The molecular formula is C12H13NO. The fourth-order valence-electron chi connectivity index (χ4n) is 1.78. The molecule has 1 aromatic carbocycles. The van der Waals surface area contributed by atoms with E-state index in [1.807, 2.05) is 17.8 Å². The van der Waals surface area contributed by atoms with E-state index in [9.17, 15) is 4.79 Å². The van der Waals surface area contributed by atoms with E-state index in [0.717, 1.165) is 29.2 Å². The van der Waals surface area contributed by atoms with Gasteiger partial charge in [0, 0.05) is 29.7 Å². The van der Waals surface area contributed by atoms with Gasteiger partial charge in [-0.25, -0.2) is 0 Å². The minimum absolute atomic E-state index is 0.776. The second kappa shape index (κ2) is 3.29. The molecule has 0 amide bonds. The molecule has 0 aliphatic heterocycles. The van der Waals surface area contributed by atoms with Gasteiger partial charge in [0.05, 0.1) is 0 Å². The largest absolute Gasteiger partial charge is 0.350 e. The zero-order chi connectivity index (χ0) is 10.1. The van der Waals surface area contributed by atoms with Crippen LogP contribution in [-0.2, 0) is 13.5 Å². The summed E-state index contributed by atoms with van der Waals surface area (Å²) in [7, 11) is 1.96. The number of benzene rings is 1. The van der Waals surface area contributed by atoms with Crippen LogP contribution in [0.4, 0.5) is 0 Å². The van der Waals surface area contributed by atoms with Crippen molar-refractivity contribution in [3.63, 3.8) is 0 Å². The zero-order valence-electron chi connectivity index (χ0n) is 8.45. The number of nitrogens with zero attached hydrogens (tertiary/aromatic N) is 1. The highest BCUT2D eigenvalue weighted by atomic mass is 16.1. The third-order valence-electron chi connectivity index (χ3n) is 2.62. The molecule has 0 saturated heterocycles. The SMILES string of the molecule is CCc1ccc2c(c1)c(C=O)cn2C. The van der Waals surface area contributed by atoms with Crippen LogP contribution < -0.4 is 0 Å². The van der Waals surface area contributed by atoms with Crippen LogP contribution in [0.5, 0.6) is 0 Å². The molecule has 1 aromatic heterocycles. The van der Waals surface area contributed by atoms with Gasteiger partial charge >= 0.3 is 0 Å². The molecule has 0 atom stereocenters. The third kappa shape index (κ3) is 1.23. The molecule has 0 saturated carbocycles. The molecule has 2 aromatic rings. The highest BCUT2D eigenvalue weighted by Crippen LogP contribution is 2.20. The van der Waals surface area contributed by atoms with Crippen molar-refractivity contribution in [2.75, 3.05) is 0 Å². The third-order valence-corrected chi connectivity index (χ3v) is 2.62. The molecule has 0 unspecified atom stereocenters. The Kier molecular flexibility index (Phi) is 2.12. The highest BCUT2D eigenvalue weighted by molar-refractivity contribution is 5.97. The Morgan fingerprint density at radius 1 is 1.43 bits per heavy atom. The molecule has 0 N–H and O–H groups in total. The molecular weight excluding hydrogens is 174 g/mol. The maximum absolute atomic E-state index is 10.8. The monoisotopic (exact) mass is 187 g/mol. The molecule has 0 aliphatic carbocycles. The predicted octanol–water partition coefficient (Wildman–Crippen LogP) is 2.55. The summed E-state index contributed by atoms with van der Waals surface area (Å²) in [6.07, 6.45) is 3.79. The van der Waals surface area contributed by atoms with Gasteiger partial charge in [-0.15, -0.1) is 0 Å². The lowest BCUT2D eigenvalue weighted by Gasteiger charge is -1.98. The quantitative estimate of drug-likeness (QED) is 0.662. The Balaban J connectivity index is 2.77. The molecule has 2 nitrogen and oxygen atoms in total. The summed E-state index contributed by atoms with van der Waals surface area (Å²) in [5.74, 6) is 0. The summed E-state index contributed by atoms with van der Waals surface area (Å²) in [6, 6.07) is 6.27. The summed E-state index contributed by atoms with van der Waals surface area (Å²) in [4.78, 5) is 10.8. The van der Waals surface area contributed by atoms with Crippen LogP contribution in [0.15, 0.2) is 24.4 Å². The van der Waals surface area contributed by atoms with E-state index < -0.39 is 0 Å². The van der Waals surface area contributed by atoms with Crippen LogP contribution in [0.3, 0.4) is 0 Å². The van der Waals surface area contributed by atoms with Crippen LogP contribution in [0, 0.1) is 0 Å². The fourth-order valence-corrected chi connectivity index (χ4v) is 1.78. The van der Waals surface area contributed by atoms with E-state index in [1.165, 1.54) is 5.56 Å². The van der Waals surface area contributed by atoms with Crippen molar-refractivity contribution >= 4 is 17.2 Å². The first-order valence-corrected chi connectivity index (χ1v) is 4.79. The van der Waals surface area contributed by atoms with Gasteiger partial charge in [0.2, 0.25) is 0 Å². The highest BCUT2D eigenvalue weighted by Gasteiger charge is 2.05. The van der Waals surface area contributed by atoms with Crippen molar-refractivity contribution in [1.82, 2.24) is 4.57 Å². The van der Waals surface area contributed by atoms with Crippen molar-refractivity contribution < 1.29 is 4.79 Å². The minimum atomic E-state index is 0.776. The smallest absolute Gasteiger partial charge is 0.152 e. The molecule has 0 spiro atoms. The topological polar surface area (TPSA) is 22.0 Å². The lowest BCUT2D eigenvalue weighted by Crippen LogP contribution is -1.84. The van der Waals surface area contributed by atoms with Crippen molar-refractivity contribution in [3.05, 3.63) is 35.5 Å². The zero-order valence-corrected chi connectivity index (χ0v) is 8.45. The molecule has 0 radical (unpaired) electrons. The molecule has 0 bridgehead atoms. The molecule has 2 rings (SSSR count). The van der Waals surface area contributed by atoms with Gasteiger partial charge in [-0.2, -0.15) is 0 Å². The van der Waals surface area contributed by atoms with Crippen LogP contribution in [0.25, 0.3) is 10.9 Å². The Hall–Kier alpha value is -1.57. The predicted molar refractivity (Wildman–Crippen MR) is 57.7 cm³/mol. The summed E-state index contributed by atoms with van der Waals surface area (Å²) < 4.78 is 1.98. The average molecular weight is 187 g/mol. The van der Waals surface area contributed by atoms with E-state index in [1.54, 1.807) is 0 Å². The van der Waals surface area contributed by atoms with Crippen molar-refractivity contribution in [2.24, 2.45) is 7.05 Å². The summed E-state index contributed by atoms with van der Waals surface area (Å²) in [5.41, 5.74) is 3.16. The van der Waals surface area contributed by atoms with Gasteiger partial charge in [-0.3, -0.25) is 4.79 Å². The summed E-state index contributed by atoms with van der Waals surface area (Å²) >= 11 is 0. The number of aromatic nitrogens is 1. The van der Waals surface area contributed by atoms with Gasteiger partial charge in [0.1, 0.15) is 0 Å². The second-order valence-electron chi connectivity index (χ2n) is 3.52. The van der Waals surface area contributed by atoms with Gasteiger partial charge in [0.15, 0.2) is 6.29 Å². The number of fused-ring (bicyclic) bond motifs is 1. The lowest BCUT2D eigenvalue weighted by atomic mass is 10.1. The normalized spacial score (nSPS) is 10.7. The lowest BCUT2D eigenvalue weighted by molar-refractivity contribution is 0.112. The van der Waals surface area contributed by atoms with E-state index in [2.05, 4.69) is 25.1 Å². The molecule has 14 heavy (non-hydrogen) atoms. The first kappa shape index (κ1) is 9.00. The van der Waals surface area contributed by atoms with Crippen LogP contribution in [0.2, 0.25) is 0 Å². The Labute approximate surface area is 83.2 Å². The van der Waals surface area contributed by atoms with Crippen LogP contribution in [-0.4, -0.2) is 10.9 Å². The molecule has 72 valence electrons. The summed E-state index contributed by atoms with van der Waals surface area (Å²) in [5, 5.41) is 1.06. The van der Waals surface area contributed by atoms with Crippen LogP contribution >= 0.6 is 0 Å². The van der Waals surface area contributed by atoms with Crippen molar-refractivity contribution in [1.29, 1.82) is 0 Å². The number of aryl methyl sites for hydroxylation is 2. The Bertz CT molecular complexity index is 482. The van der Waals surface area contributed by atoms with Gasteiger partial charge in [-0.1, -0.05) is 13.0 Å². The number of hydrogen-bond acceptors (Lipinski definition) is 1. The number of aldehydes is 1. The van der Waals surface area contributed by atoms with E-state index >= 15 is 0 Å². The van der Waals surface area contributed by atoms with E-state index in [0.29, 0.717) is 0 Å². The number of hydrogen-bond donors (Lipinski definition) is 0. The standard InChI is InChI=1S/C12H13NO/c1-3-9-4-5-12-11(6-9)10(8-14)7-13(12)2/h4-8H,3H2,1-2H3. The van der Waals surface area contributed by atoms with Gasteiger partial charge in [-0.05, 0) is 24.1 Å². The number of rotatable bonds is 2. The Morgan fingerprint density at radius 2 is 2.21 bits per heavy atom. The van der Waals surface area contributed by atoms with Gasteiger partial charge < -0.3 is 4.57 Å². The first-order valence-electron chi connectivity index (χ1n) is 4.79. The first-order chi connectivity index (χ1) is 6.76. The van der Waals surface area contributed by atoms with Crippen LogP contribution in [0.1, 0.15) is 22.8 Å². The summed E-state index contributed by atoms with van der Waals surface area (Å²) in [6.45, 7) is 2.12. The van der Waals surface area contributed by atoms with Gasteiger partial charge in [0.25, 0.3) is 0 Å². The molecule has 0 fully saturated rings. The van der Waals surface area contributed by atoms with Crippen molar-refractivity contribution in [3.8, 4) is 0 Å². The van der Waals surface area contributed by atoms with E-state index in [-0.39, 0.29) is 0 Å². The molecule has 0 aliphatic rings. The maximum Gasteiger partial charge on any atom is 0.152 e. The van der Waals surface area contributed by atoms with Crippen molar-refractivity contribution in [2.45, 2.75) is 13.3 Å². The fraction of sp³-hybridized carbons (Fsp3) is 0.250. The van der Waals surface area contributed by atoms with E-state index in [4.69, 9.17) is 0 Å². The minimum Gasteiger partial charge on any atom is -0.350 e. The Morgan fingerprint density at radius 3 is 2.86 bits per heavy atom. The second-order valence-corrected chi connectivity index (χ2v) is 3.52. The average Bonchev–Trinajstić information content (AvgIpc) is 2.55. The molecule has 2 heteroatoms. The number of carbonyl (C=O) groups is 1.